The zero-order chi connectivity index (χ0) is 21.1. The average Bonchev–Trinajstić information content (AvgIpc) is 2.76. The van der Waals surface area contributed by atoms with Gasteiger partial charge in [-0.15, -0.1) is 0 Å². The van der Waals surface area contributed by atoms with Gasteiger partial charge in [-0.05, 0) is 47.9 Å². The molecule has 4 rings (SSSR count). The maximum atomic E-state index is 12.8. The number of rotatable bonds is 4. The van der Waals surface area contributed by atoms with Gasteiger partial charge in [0.1, 0.15) is 0 Å². The third-order valence-corrected chi connectivity index (χ3v) is 5.16. The first-order valence-electron chi connectivity index (χ1n) is 9.17. The highest BCUT2D eigenvalue weighted by atomic mass is 35.5. The first kappa shape index (κ1) is 20.0. The first-order chi connectivity index (χ1) is 14.5. The SMILES string of the molecule is O=C(Nc1cccc2ccccc12)c1cccc(NC(=O)c2cc(Cl)ccc2Cl)c1. The summed E-state index contributed by atoms with van der Waals surface area (Å²) in [5, 5.41) is 8.39. The molecule has 0 bridgehead atoms. The molecule has 30 heavy (non-hydrogen) atoms. The third-order valence-electron chi connectivity index (χ3n) is 4.59. The van der Waals surface area contributed by atoms with Crippen LogP contribution < -0.4 is 10.6 Å². The van der Waals surface area contributed by atoms with Crippen molar-refractivity contribution in [3.8, 4) is 0 Å². The van der Waals surface area contributed by atoms with Crippen molar-refractivity contribution in [2.45, 2.75) is 0 Å². The van der Waals surface area contributed by atoms with E-state index >= 15 is 0 Å². The van der Waals surface area contributed by atoms with E-state index in [1.54, 1.807) is 36.4 Å². The summed E-state index contributed by atoms with van der Waals surface area (Å²) < 4.78 is 0. The molecule has 4 aromatic carbocycles. The van der Waals surface area contributed by atoms with Crippen LogP contribution in [0.3, 0.4) is 0 Å². The molecule has 0 aliphatic heterocycles. The second-order valence-electron chi connectivity index (χ2n) is 6.64. The molecule has 6 heteroatoms. The number of hydrogen-bond donors (Lipinski definition) is 2. The molecular weight excluding hydrogens is 419 g/mol. The Bertz CT molecular complexity index is 1270. The zero-order valence-electron chi connectivity index (χ0n) is 15.7. The van der Waals surface area contributed by atoms with Gasteiger partial charge < -0.3 is 10.6 Å². The number of fused-ring (bicyclic) bond motifs is 1. The van der Waals surface area contributed by atoms with Gasteiger partial charge in [0.05, 0.1) is 10.6 Å². The normalized spacial score (nSPS) is 10.6. The number of nitrogens with one attached hydrogen (secondary N) is 2. The fourth-order valence-corrected chi connectivity index (χ4v) is 3.51. The molecule has 0 fully saturated rings. The average molecular weight is 435 g/mol. The lowest BCUT2D eigenvalue weighted by atomic mass is 10.1. The highest BCUT2D eigenvalue weighted by molar-refractivity contribution is 6.36. The van der Waals surface area contributed by atoms with E-state index in [4.69, 9.17) is 23.2 Å². The lowest BCUT2D eigenvalue weighted by Gasteiger charge is -2.11. The molecule has 0 heterocycles. The van der Waals surface area contributed by atoms with Crippen LogP contribution in [0.1, 0.15) is 20.7 Å². The summed E-state index contributed by atoms with van der Waals surface area (Å²) in [6.45, 7) is 0. The largest absolute Gasteiger partial charge is 0.322 e. The van der Waals surface area contributed by atoms with Gasteiger partial charge in [0, 0.05) is 27.3 Å². The molecule has 0 aromatic heterocycles. The fourth-order valence-electron chi connectivity index (χ4n) is 3.14. The Kier molecular flexibility index (Phi) is 5.70. The molecule has 4 aromatic rings. The van der Waals surface area contributed by atoms with Crippen molar-refractivity contribution in [3.05, 3.63) is 106 Å². The first-order valence-corrected chi connectivity index (χ1v) is 9.92. The maximum Gasteiger partial charge on any atom is 0.257 e. The van der Waals surface area contributed by atoms with Gasteiger partial charge in [-0.1, -0.05) is 65.7 Å². The molecular formula is C24H16Cl2N2O2. The van der Waals surface area contributed by atoms with Crippen LogP contribution in [0.25, 0.3) is 10.8 Å². The highest BCUT2D eigenvalue weighted by Crippen LogP contribution is 2.25. The quantitative estimate of drug-likeness (QED) is 0.377. The second kappa shape index (κ2) is 8.57. The van der Waals surface area contributed by atoms with E-state index in [2.05, 4.69) is 10.6 Å². The van der Waals surface area contributed by atoms with E-state index in [9.17, 15) is 9.59 Å². The summed E-state index contributed by atoms with van der Waals surface area (Å²) in [4.78, 5) is 25.4. The summed E-state index contributed by atoms with van der Waals surface area (Å²) in [6, 6.07) is 24.9. The van der Waals surface area contributed by atoms with Crippen molar-refractivity contribution >= 4 is 57.2 Å². The van der Waals surface area contributed by atoms with Crippen LogP contribution in [-0.2, 0) is 0 Å². The molecule has 0 unspecified atom stereocenters. The minimum absolute atomic E-state index is 0.259. The van der Waals surface area contributed by atoms with E-state index in [1.165, 1.54) is 6.07 Å². The molecule has 0 radical (unpaired) electrons. The predicted molar refractivity (Wildman–Crippen MR) is 123 cm³/mol. The zero-order valence-corrected chi connectivity index (χ0v) is 17.2. The number of halogens is 2. The standard InChI is InChI=1S/C24H16Cl2N2O2/c25-17-11-12-21(26)20(14-17)24(30)27-18-8-3-7-16(13-18)23(29)28-22-10-4-6-15-5-1-2-9-19(15)22/h1-14H,(H,27,30)(H,28,29). The van der Waals surface area contributed by atoms with Crippen LogP contribution >= 0.6 is 23.2 Å². The Hall–Kier alpha value is -3.34. The Balaban J connectivity index is 1.55. The molecule has 0 aliphatic rings. The molecule has 0 saturated carbocycles. The summed E-state index contributed by atoms with van der Waals surface area (Å²) in [6.07, 6.45) is 0. The minimum Gasteiger partial charge on any atom is -0.322 e. The summed E-state index contributed by atoms with van der Waals surface area (Å²) >= 11 is 12.1. The van der Waals surface area contributed by atoms with Crippen LogP contribution in [0, 0.1) is 0 Å². The third kappa shape index (κ3) is 4.30. The highest BCUT2D eigenvalue weighted by Gasteiger charge is 2.13. The van der Waals surface area contributed by atoms with Crippen LogP contribution in [0.5, 0.6) is 0 Å². The van der Waals surface area contributed by atoms with Crippen LogP contribution in [0.15, 0.2) is 84.9 Å². The Labute approximate surface area is 183 Å². The van der Waals surface area contributed by atoms with Crippen LogP contribution in [0.2, 0.25) is 10.0 Å². The van der Waals surface area contributed by atoms with E-state index in [1.807, 2.05) is 42.5 Å². The summed E-state index contributed by atoms with van der Waals surface area (Å²) in [5.41, 5.74) is 1.87. The van der Waals surface area contributed by atoms with Crippen molar-refractivity contribution in [1.29, 1.82) is 0 Å². The van der Waals surface area contributed by atoms with Crippen molar-refractivity contribution in [2.24, 2.45) is 0 Å². The van der Waals surface area contributed by atoms with E-state index in [0.717, 1.165) is 16.5 Å². The molecule has 0 saturated heterocycles. The van der Waals surface area contributed by atoms with Crippen molar-refractivity contribution in [2.75, 3.05) is 10.6 Å². The predicted octanol–water partition coefficient (Wildman–Crippen LogP) is 6.65. The smallest absolute Gasteiger partial charge is 0.257 e. The van der Waals surface area contributed by atoms with Gasteiger partial charge in [0.25, 0.3) is 11.8 Å². The topological polar surface area (TPSA) is 58.2 Å². The number of carbonyl (C=O) groups is 2. The van der Waals surface area contributed by atoms with Crippen molar-refractivity contribution < 1.29 is 9.59 Å². The molecule has 0 atom stereocenters. The van der Waals surface area contributed by atoms with Crippen molar-refractivity contribution in [1.82, 2.24) is 0 Å². The minimum atomic E-state index is -0.408. The van der Waals surface area contributed by atoms with Crippen LogP contribution in [-0.4, -0.2) is 11.8 Å². The van der Waals surface area contributed by atoms with Gasteiger partial charge in [-0.25, -0.2) is 0 Å². The Morgan fingerprint density at radius 1 is 0.700 bits per heavy atom. The number of anilines is 2. The lowest BCUT2D eigenvalue weighted by molar-refractivity contribution is 0.101. The summed E-state index contributed by atoms with van der Waals surface area (Å²) in [7, 11) is 0. The number of carbonyl (C=O) groups excluding carboxylic acids is 2. The monoisotopic (exact) mass is 434 g/mol. The number of amides is 2. The lowest BCUT2D eigenvalue weighted by Crippen LogP contribution is -2.15. The van der Waals surface area contributed by atoms with Gasteiger partial charge in [0.15, 0.2) is 0 Å². The van der Waals surface area contributed by atoms with Gasteiger partial charge in [-0.2, -0.15) is 0 Å². The van der Waals surface area contributed by atoms with Gasteiger partial charge in [0.2, 0.25) is 0 Å². The molecule has 2 amide bonds. The second-order valence-corrected chi connectivity index (χ2v) is 7.48. The number of benzene rings is 4. The van der Waals surface area contributed by atoms with E-state index in [-0.39, 0.29) is 11.5 Å². The summed E-state index contributed by atoms with van der Waals surface area (Å²) in [5.74, 6) is -0.683. The van der Waals surface area contributed by atoms with Crippen LogP contribution in [0.4, 0.5) is 11.4 Å². The fraction of sp³-hybridized carbons (Fsp3) is 0. The molecule has 148 valence electrons. The van der Waals surface area contributed by atoms with Gasteiger partial charge >= 0.3 is 0 Å². The molecule has 0 spiro atoms. The molecule has 0 aliphatic carbocycles. The van der Waals surface area contributed by atoms with E-state index in [0.29, 0.717) is 21.3 Å². The van der Waals surface area contributed by atoms with E-state index < -0.39 is 5.91 Å². The molecule has 4 nitrogen and oxygen atoms in total. The maximum absolute atomic E-state index is 12.8. The van der Waals surface area contributed by atoms with Crippen molar-refractivity contribution in [3.63, 3.8) is 0 Å². The molecule has 2 N–H and O–H groups in total. The Morgan fingerprint density at radius 2 is 1.47 bits per heavy atom. The van der Waals surface area contributed by atoms with Gasteiger partial charge in [-0.3, -0.25) is 9.59 Å². The number of hydrogen-bond acceptors (Lipinski definition) is 2. The Morgan fingerprint density at radius 3 is 2.33 bits per heavy atom.